The Hall–Kier alpha value is -0.710. The first-order valence-corrected chi connectivity index (χ1v) is 6.34. The number of carbonyl (C=O) groups is 2. The van der Waals surface area contributed by atoms with Crippen molar-refractivity contribution in [3.05, 3.63) is 0 Å². The van der Waals surface area contributed by atoms with Gasteiger partial charge in [0.1, 0.15) is 6.04 Å². The molecule has 5 heteroatoms. The van der Waals surface area contributed by atoms with Gasteiger partial charge in [-0.1, -0.05) is 12.8 Å². The van der Waals surface area contributed by atoms with Crippen LogP contribution in [0.3, 0.4) is 0 Å². The van der Waals surface area contributed by atoms with Crippen LogP contribution in [0.25, 0.3) is 0 Å². The second-order valence-electron chi connectivity index (χ2n) is 4.32. The van der Waals surface area contributed by atoms with E-state index in [-0.39, 0.29) is 11.8 Å². The van der Waals surface area contributed by atoms with Crippen molar-refractivity contribution < 1.29 is 9.59 Å². The Morgan fingerprint density at radius 2 is 2.00 bits per heavy atom. The van der Waals surface area contributed by atoms with Crippen LogP contribution in [0.1, 0.15) is 32.6 Å². The van der Waals surface area contributed by atoms with E-state index in [4.69, 9.17) is 0 Å². The van der Waals surface area contributed by atoms with Crippen molar-refractivity contribution in [1.82, 2.24) is 10.2 Å². The minimum atomic E-state index is -0.494. The zero-order valence-electron chi connectivity index (χ0n) is 9.90. The van der Waals surface area contributed by atoms with Gasteiger partial charge in [0, 0.05) is 25.8 Å². The molecule has 1 fully saturated rings. The molecule has 1 unspecified atom stereocenters. The Balaban J connectivity index is 2.55. The molecule has 0 aromatic heterocycles. The largest absolute Gasteiger partial charge is 0.344 e. The fraction of sp³-hybridized carbons (Fsp3) is 0.818. The van der Waals surface area contributed by atoms with Crippen LogP contribution in [0.4, 0.5) is 0 Å². The molecular weight excluding hydrogens is 224 g/mol. The lowest BCUT2D eigenvalue weighted by atomic mass is 10.2. The summed E-state index contributed by atoms with van der Waals surface area (Å²) in [5.41, 5.74) is 0. The first-order valence-electron chi connectivity index (χ1n) is 5.71. The van der Waals surface area contributed by atoms with Crippen LogP contribution < -0.4 is 5.32 Å². The van der Waals surface area contributed by atoms with E-state index in [1.165, 1.54) is 19.8 Å². The molecule has 0 heterocycles. The SMILES string of the molecule is CC(=O)NC(CS)C(=O)N(C)C1CCCC1. The molecule has 4 nitrogen and oxygen atoms in total. The molecule has 0 radical (unpaired) electrons. The smallest absolute Gasteiger partial charge is 0.245 e. The summed E-state index contributed by atoms with van der Waals surface area (Å²) in [6, 6.07) is -0.157. The zero-order valence-corrected chi connectivity index (χ0v) is 10.8. The normalized spacial score (nSPS) is 18.2. The first kappa shape index (κ1) is 13.4. The number of nitrogens with one attached hydrogen (secondary N) is 1. The summed E-state index contributed by atoms with van der Waals surface area (Å²) >= 11 is 4.10. The highest BCUT2D eigenvalue weighted by Gasteiger charge is 2.28. The number of thiol groups is 1. The van der Waals surface area contributed by atoms with E-state index >= 15 is 0 Å². The topological polar surface area (TPSA) is 49.4 Å². The highest BCUT2D eigenvalue weighted by Crippen LogP contribution is 2.22. The summed E-state index contributed by atoms with van der Waals surface area (Å²) in [5, 5.41) is 2.63. The molecule has 0 aromatic rings. The molecule has 0 bridgehead atoms. The molecule has 2 amide bonds. The van der Waals surface area contributed by atoms with E-state index < -0.39 is 6.04 Å². The van der Waals surface area contributed by atoms with Gasteiger partial charge in [-0.05, 0) is 12.8 Å². The summed E-state index contributed by atoms with van der Waals surface area (Å²) in [6.45, 7) is 1.42. The lowest BCUT2D eigenvalue weighted by Crippen LogP contribution is -2.50. The minimum absolute atomic E-state index is 0.0305. The Morgan fingerprint density at radius 1 is 1.44 bits per heavy atom. The fourth-order valence-corrected chi connectivity index (χ4v) is 2.40. The number of hydrogen-bond donors (Lipinski definition) is 2. The summed E-state index contributed by atoms with van der Waals surface area (Å²) in [6.07, 6.45) is 4.52. The van der Waals surface area contributed by atoms with Crippen molar-refractivity contribution >= 4 is 24.4 Å². The third kappa shape index (κ3) is 3.40. The third-order valence-electron chi connectivity index (χ3n) is 3.08. The van der Waals surface area contributed by atoms with E-state index in [2.05, 4.69) is 17.9 Å². The summed E-state index contributed by atoms with van der Waals surface area (Å²) in [5.74, 6) is 0.125. The predicted molar refractivity (Wildman–Crippen MR) is 66.5 cm³/mol. The van der Waals surface area contributed by atoms with E-state index in [9.17, 15) is 9.59 Å². The predicted octanol–water partition coefficient (Wildman–Crippen LogP) is 0.822. The van der Waals surface area contributed by atoms with Gasteiger partial charge in [-0.3, -0.25) is 9.59 Å². The van der Waals surface area contributed by atoms with Crippen LogP contribution in [0.2, 0.25) is 0 Å². The van der Waals surface area contributed by atoms with Crippen LogP contribution in [0.15, 0.2) is 0 Å². The summed E-state index contributed by atoms with van der Waals surface area (Å²) in [7, 11) is 1.82. The summed E-state index contributed by atoms with van der Waals surface area (Å²) in [4.78, 5) is 24.8. The van der Waals surface area contributed by atoms with E-state index in [0.717, 1.165) is 12.8 Å². The molecule has 1 rings (SSSR count). The van der Waals surface area contributed by atoms with E-state index in [0.29, 0.717) is 11.8 Å². The van der Waals surface area contributed by atoms with Gasteiger partial charge >= 0.3 is 0 Å². The molecule has 0 saturated heterocycles. The Kier molecular flexibility index (Phi) is 5.12. The Morgan fingerprint density at radius 3 is 2.44 bits per heavy atom. The van der Waals surface area contributed by atoms with Gasteiger partial charge in [-0.2, -0.15) is 12.6 Å². The molecule has 0 spiro atoms. The average Bonchev–Trinajstić information content (AvgIpc) is 2.76. The Labute approximate surface area is 102 Å². The minimum Gasteiger partial charge on any atom is -0.344 e. The van der Waals surface area contributed by atoms with Gasteiger partial charge in [0.25, 0.3) is 0 Å². The van der Waals surface area contributed by atoms with Crippen molar-refractivity contribution in [1.29, 1.82) is 0 Å². The van der Waals surface area contributed by atoms with Gasteiger partial charge in [0.2, 0.25) is 11.8 Å². The van der Waals surface area contributed by atoms with Gasteiger partial charge in [-0.15, -0.1) is 0 Å². The van der Waals surface area contributed by atoms with Crippen molar-refractivity contribution in [3.63, 3.8) is 0 Å². The number of hydrogen-bond acceptors (Lipinski definition) is 3. The quantitative estimate of drug-likeness (QED) is 0.719. The third-order valence-corrected chi connectivity index (χ3v) is 3.44. The molecule has 92 valence electrons. The second kappa shape index (κ2) is 6.13. The molecule has 1 aliphatic carbocycles. The van der Waals surface area contributed by atoms with Crippen molar-refractivity contribution in [2.24, 2.45) is 0 Å². The molecule has 1 N–H and O–H groups in total. The highest BCUT2D eigenvalue weighted by molar-refractivity contribution is 7.80. The zero-order chi connectivity index (χ0) is 12.1. The van der Waals surface area contributed by atoms with Crippen molar-refractivity contribution in [3.8, 4) is 0 Å². The van der Waals surface area contributed by atoms with Crippen LogP contribution in [0, 0.1) is 0 Å². The van der Waals surface area contributed by atoms with Gasteiger partial charge in [-0.25, -0.2) is 0 Å². The first-order chi connectivity index (χ1) is 7.56. The van der Waals surface area contributed by atoms with Gasteiger partial charge < -0.3 is 10.2 Å². The van der Waals surface area contributed by atoms with Gasteiger partial charge in [0.15, 0.2) is 0 Å². The monoisotopic (exact) mass is 244 g/mol. The average molecular weight is 244 g/mol. The number of amides is 2. The van der Waals surface area contributed by atoms with Gasteiger partial charge in [0.05, 0.1) is 0 Å². The maximum Gasteiger partial charge on any atom is 0.245 e. The molecule has 0 aromatic carbocycles. The lowest BCUT2D eigenvalue weighted by molar-refractivity contribution is -0.136. The lowest BCUT2D eigenvalue weighted by Gasteiger charge is -2.28. The molecule has 0 aliphatic heterocycles. The number of likely N-dealkylation sites (N-methyl/N-ethyl adjacent to an activating group) is 1. The van der Waals surface area contributed by atoms with Crippen LogP contribution >= 0.6 is 12.6 Å². The van der Waals surface area contributed by atoms with Crippen LogP contribution in [-0.2, 0) is 9.59 Å². The maximum absolute atomic E-state index is 12.1. The highest BCUT2D eigenvalue weighted by atomic mass is 32.1. The van der Waals surface area contributed by atoms with E-state index in [1.54, 1.807) is 4.90 Å². The Bertz CT molecular complexity index is 265. The van der Waals surface area contributed by atoms with Crippen molar-refractivity contribution in [2.45, 2.75) is 44.7 Å². The number of carbonyl (C=O) groups excluding carboxylic acids is 2. The van der Waals surface area contributed by atoms with Crippen molar-refractivity contribution in [2.75, 3.05) is 12.8 Å². The number of nitrogens with zero attached hydrogens (tertiary/aromatic N) is 1. The fourth-order valence-electron chi connectivity index (χ4n) is 2.15. The maximum atomic E-state index is 12.1. The molecular formula is C11H20N2O2S. The second-order valence-corrected chi connectivity index (χ2v) is 4.69. The van der Waals surface area contributed by atoms with Crippen LogP contribution in [0.5, 0.6) is 0 Å². The van der Waals surface area contributed by atoms with E-state index in [1.807, 2.05) is 7.05 Å². The molecule has 16 heavy (non-hydrogen) atoms. The van der Waals surface area contributed by atoms with Crippen LogP contribution in [-0.4, -0.2) is 41.6 Å². The number of rotatable bonds is 4. The molecule has 1 aliphatic rings. The summed E-state index contributed by atoms with van der Waals surface area (Å²) < 4.78 is 0. The molecule has 1 saturated carbocycles. The standard InChI is InChI=1S/C11H20N2O2S/c1-8(14)12-10(7-16)11(15)13(2)9-5-3-4-6-9/h9-10,16H,3-7H2,1-2H3,(H,12,14). The molecule has 1 atom stereocenters.